The van der Waals surface area contributed by atoms with Crippen LogP contribution < -0.4 is 5.32 Å². The highest BCUT2D eigenvalue weighted by molar-refractivity contribution is 6.36. The summed E-state index contributed by atoms with van der Waals surface area (Å²) in [5, 5.41) is 13.0. The van der Waals surface area contributed by atoms with Crippen molar-refractivity contribution >= 4 is 22.9 Å². The Labute approximate surface area is 165 Å². The molecule has 140 valence electrons. The largest absolute Gasteiger partial charge is 0.383 e. The van der Waals surface area contributed by atoms with Gasteiger partial charge in [0.25, 0.3) is 0 Å². The average Bonchev–Trinajstić information content (AvgIpc) is 3.23. The lowest BCUT2D eigenvalue weighted by molar-refractivity contribution is 0.509. The van der Waals surface area contributed by atoms with E-state index < -0.39 is 0 Å². The summed E-state index contributed by atoms with van der Waals surface area (Å²) in [5.74, 6) is 3.09. The number of rotatable bonds is 6. The number of pyridine rings is 1. The van der Waals surface area contributed by atoms with Crippen molar-refractivity contribution in [2.75, 3.05) is 11.9 Å². The molecule has 2 aliphatic carbocycles. The number of aromatic nitrogens is 3. The molecule has 0 saturated heterocycles. The number of nitrogens with zero attached hydrogens (tertiary/aromatic N) is 3. The van der Waals surface area contributed by atoms with Gasteiger partial charge in [0.05, 0.1) is 5.69 Å². The molecule has 2 heterocycles. The SMILES string of the molecule is Clc1c(NC[C@H]2CCC[C@@H]2c2ccccc2)ccn2c(CC3CC3)nnc12. The summed E-state index contributed by atoms with van der Waals surface area (Å²) < 4.78 is 2.05. The molecule has 5 heteroatoms. The highest BCUT2D eigenvalue weighted by Gasteiger charge is 2.28. The molecule has 27 heavy (non-hydrogen) atoms. The second kappa shape index (κ2) is 7.16. The number of benzene rings is 1. The summed E-state index contributed by atoms with van der Waals surface area (Å²) in [6, 6.07) is 13.0. The van der Waals surface area contributed by atoms with Gasteiger partial charge >= 0.3 is 0 Å². The van der Waals surface area contributed by atoms with Gasteiger partial charge in [-0.25, -0.2) is 0 Å². The van der Waals surface area contributed by atoms with Crippen molar-refractivity contribution in [2.45, 2.75) is 44.4 Å². The maximum Gasteiger partial charge on any atom is 0.181 e. The molecular formula is C22H25ClN4. The van der Waals surface area contributed by atoms with E-state index in [1.54, 1.807) is 0 Å². The van der Waals surface area contributed by atoms with E-state index in [4.69, 9.17) is 11.6 Å². The molecule has 2 saturated carbocycles. The third-order valence-corrected chi connectivity index (χ3v) is 6.57. The molecule has 1 N–H and O–H groups in total. The van der Waals surface area contributed by atoms with Crippen LogP contribution in [0.5, 0.6) is 0 Å². The molecule has 2 aliphatic rings. The van der Waals surface area contributed by atoms with Crippen molar-refractivity contribution in [1.82, 2.24) is 14.6 Å². The van der Waals surface area contributed by atoms with Crippen LogP contribution in [0.3, 0.4) is 0 Å². The molecule has 0 unspecified atom stereocenters. The third kappa shape index (κ3) is 3.43. The number of hydrogen-bond acceptors (Lipinski definition) is 3. The van der Waals surface area contributed by atoms with Gasteiger partial charge < -0.3 is 5.32 Å². The van der Waals surface area contributed by atoms with E-state index in [2.05, 4.69) is 58.1 Å². The molecule has 0 spiro atoms. The highest BCUT2D eigenvalue weighted by Crippen LogP contribution is 2.40. The first-order valence-electron chi connectivity index (χ1n) is 10.1. The molecule has 0 radical (unpaired) electrons. The number of anilines is 1. The molecule has 2 atom stereocenters. The van der Waals surface area contributed by atoms with Crippen LogP contribution in [0, 0.1) is 11.8 Å². The normalized spacial score (nSPS) is 22.4. The molecule has 2 aromatic heterocycles. The Morgan fingerprint density at radius 1 is 1.04 bits per heavy atom. The Bertz CT molecular complexity index is 932. The van der Waals surface area contributed by atoms with Crippen LogP contribution in [0.15, 0.2) is 42.6 Å². The van der Waals surface area contributed by atoms with Gasteiger partial charge in [-0.2, -0.15) is 0 Å². The maximum absolute atomic E-state index is 6.66. The zero-order chi connectivity index (χ0) is 18.2. The smallest absolute Gasteiger partial charge is 0.181 e. The summed E-state index contributed by atoms with van der Waals surface area (Å²) in [4.78, 5) is 0. The Morgan fingerprint density at radius 3 is 2.70 bits per heavy atom. The fourth-order valence-electron chi connectivity index (χ4n) is 4.49. The summed E-state index contributed by atoms with van der Waals surface area (Å²) >= 11 is 6.66. The van der Waals surface area contributed by atoms with E-state index >= 15 is 0 Å². The number of halogens is 1. The van der Waals surface area contributed by atoms with Gasteiger partial charge in [0.1, 0.15) is 10.8 Å². The van der Waals surface area contributed by atoms with Gasteiger partial charge in [0, 0.05) is 19.2 Å². The molecule has 5 rings (SSSR count). The fraction of sp³-hybridized carbons (Fsp3) is 0.455. The number of nitrogens with one attached hydrogen (secondary N) is 1. The molecule has 4 nitrogen and oxygen atoms in total. The number of fused-ring (bicyclic) bond motifs is 1. The first-order valence-corrected chi connectivity index (χ1v) is 10.5. The van der Waals surface area contributed by atoms with E-state index in [0.29, 0.717) is 16.9 Å². The molecule has 0 aliphatic heterocycles. The maximum atomic E-state index is 6.66. The Hall–Kier alpha value is -2.07. The highest BCUT2D eigenvalue weighted by atomic mass is 35.5. The molecule has 1 aromatic carbocycles. The second-order valence-corrected chi connectivity index (χ2v) is 8.47. The quantitative estimate of drug-likeness (QED) is 0.628. The minimum Gasteiger partial charge on any atom is -0.383 e. The van der Waals surface area contributed by atoms with E-state index in [9.17, 15) is 0 Å². The Morgan fingerprint density at radius 2 is 1.89 bits per heavy atom. The van der Waals surface area contributed by atoms with E-state index in [0.717, 1.165) is 36.0 Å². The molecular weight excluding hydrogens is 356 g/mol. The van der Waals surface area contributed by atoms with Crippen molar-refractivity contribution in [3.05, 3.63) is 59.0 Å². The lowest BCUT2D eigenvalue weighted by Gasteiger charge is -2.21. The van der Waals surface area contributed by atoms with Crippen molar-refractivity contribution in [3.8, 4) is 0 Å². The minimum absolute atomic E-state index is 0.638. The van der Waals surface area contributed by atoms with Gasteiger partial charge in [0.2, 0.25) is 0 Å². The van der Waals surface area contributed by atoms with Crippen molar-refractivity contribution < 1.29 is 0 Å². The molecule has 0 bridgehead atoms. The van der Waals surface area contributed by atoms with Crippen LogP contribution in [0.2, 0.25) is 5.02 Å². The molecule has 2 fully saturated rings. The first kappa shape index (κ1) is 17.1. The van der Waals surface area contributed by atoms with E-state index in [-0.39, 0.29) is 0 Å². The van der Waals surface area contributed by atoms with Crippen LogP contribution in [-0.2, 0) is 6.42 Å². The lowest BCUT2D eigenvalue weighted by Crippen LogP contribution is -2.17. The summed E-state index contributed by atoms with van der Waals surface area (Å²) in [7, 11) is 0. The zero-order valence-corrected chi connectivity index (χ0v) is 16.2. The van der Waals surface area contributed by atoms with Crippen LogP contribution in [0.1, 0.15) is 49.4 Å². The standard InChI is InChI=1S/C22H25ClN4/c23-21-19(11-12-27-20(13-15-9-10-15)25-26-22(21)27)24-14-17-7-4-8-18(17)16-5-2-1-3-6-16/h1-3,5-6,11-12,15,17-18,24H,4,7-10,13-14H2/t17-,18-/m1/s1. The van der Waals surface area contributed by atoms with Gasteiger partial charge in [-0.1, -0.05) is 48.4 Å². The number of hydrogen-bond donors (Lipinski definition) is 1. The fourth-order valence-corrected chi connectivity index (χ4v) is 4.75. The first-order chi connectivity index (χ1) is 13.3. The average molecular weight is 381 g/mol. The monoisotopic (exact) mass is 380 g/mol. The van der Waals surface area contributed by atoms with Crippen LogP contribution in [0.4, 0.5) is 5.69 Å². The Kier molecular flexibility index (Phi) is 4.52. The summed E-state index contributed by atoms with van der Waals surface area (Å²) in [6.45, 7) is 0.943. The minimum atomic E-state index is 0.638. The molecule has 0 amide bonds. The lowest BCUT2D eigenvalue weighted by atomic mass is 9.89. The van der Waals surface area contributed by atoms with Crippen LogP contribution in [0.25, 0.3) is 5.65 Å². The van der Waals surface area contributed by atoms with Gasteiger partial charge in [-0.3, -0.25) is 4.40 Å². The predicted molar refractivity (Wildman–Crippen MR) is 109 cm³/mol. The Balaban J connectivity index is 1.32. The topological polar surface area (TPSA) is 42.2 Å². The van der Waals surface area contributed by atoms with Gasteiger partial charge in [-0.05, 0) is 55.1 Å². The molecule has 3 aromatic rings. The van der Waals surface area contributed by atoms with Crippen LogP contribution in [-0.4, -0.2) is 21.1 Å². The van der Waals surface area contributed by atoms with E-state index in [1.165, 1.54) is 37.7 Å². The van der Waals surface area contributed by atoms with Crippen molar-refractivity contribution in [2.24, 2.45) is 11.8 Å². The van der Waals surface area contributed by atoms with Gasteiger partial charge in [-0.15, -0.1) is 10.2 Å². The van der Waals surface area contributed by atoms with Crippen molar-refractivity contribution in [3.63, 3.8) is 0 Å². The predicted octanol–water partition coefficient (Wildman–Crippen LogP) is 5.33. The second-order valence-electron chi connectivity index (χ2n) is 8.09. The zero-order valence-electron chi connectivity index (χ0n) is 15.4. The van der Waals surface area contributed by atoms with Gasteiger partial charge in [0.15, 0.2) is 5.65 Å². The van der Waals surface area contributed by atoms with Crippen LogP contribution >= 0.6 is 11.6 Å². The summed E-state index contributed by atoms with van der Waals surface area (Å²) in [6.07, 6.45) is 9.53. The third-order valence-electron chi connectivity index (χ3n) is 6.20. The summed E-state index contributed by atoms with van der Waals surface area (Å²) in [5.41, 5.74) is 3.20. The van der Waals surface area contributed by atoms with E-state index in [1.807, 2.05) is 4.40 Å². The van der Waals surface area contributed by atoms with Crippen molar-refractivity contribution in [1.29, 1.82) is 0 Å².